The molecule has 2 rings (SSSR count). The SMILES string of the molecule is O=C1CC(CO)CN1c1cc(Cl)cc(Cl)c1. The van der Waals surface area contributed by atoms with Gasteiger partial charge in [-0.05, 0) is 18.2 Å². The molecule has 1 unspecified atom stereocenters. The summed E-state index contributed by atoms with van der Waals surface area (Å²) in [5.74, 6) is 0.00244. The number of aliphatic hydroxyl groups excluding tert-OH is 1. The highest BCUT2D eigenvalue weighted by atomic mass is 35.5. The topological polar surface area (TPSA) is 40.5 Å². The first-order valence-electron chi connectivity index (χ1n) is 4.97. The van der Waals surface area contributed by atoms with Crippen LogP contribution in [-0.4, -0.2) is 24.2 Å². The van der Waals surface area contributed by atoms with Crippen molar-refractivity contribution in [2.24, 2.45) is 5.92 Å². The fraction of sp³-hybridized carbons (Fsp3) is 0.364. The highest BCUT2D eigenvalue weighted by Crippen LogP contribution is 2.29. The van der Waals surface area contributed by atoms with Gasteiger partial charge in [-0.25, -0.2) is 0 Å². The van der Waals surface area contributed by atoms with Crippen molar-refractivity contribution >= 4 is 34.8 Å². The van der Waals surface area contributed by atoms with Crippen molar-refractivity contribution in [3.05, 3.63) is 28.2 Å². The van der Waals surface area contributed by atoms with Gasteiger partial charge in [-0.1, -0.05) is 23.2 Å². The monoisotopic (exact) mass is 259 g/mol. The van der Waals surface area contributed by atoms with Crippen molar-refractivity contribution in [3.63, 3.8) is 0 Å². The Morgan fingerprint density at radius 1 is 1.31 bits per heavy atom. The second kappa shape index (κ2) is 4.62. The maximum absolute atomic E-state index is 11.7. The number of benzene rings is 1. The summed E-state index contributed by atoms with van der Waals surface area (Å²) in [4.78, 5) is 13.3. The molecule has 1 aliphatic rings. The smallest absolute Gasteiger partial charge is 0.227 e. The lowest BCUT2D eigenvalue weighted by molar-refractivity contribution is -0.117. The number of anilines is 1. The summed E-state index contributed by atoms with van der Waals surface area (Å²) in [5.41, 5.74) is 0.693. The van der Waals surface area contributed by atoms with Crippen LogP contribution in [0.5, 0.6) is 0 Å². The molecule has 0 aliphatic carbocycles. The molecule has 0 aromatic heterocycles. The third-order valence-corrected chi connectivity index (χ3v) is 3.06. The number of rotatable bonds is 2. The van der Waals surface area contributed by atoms with Gasteiger partial charge in [0.1, 0.15) is 0 Å². The Kier molecular flexibility index (Phi) is 3.38. The second-order valence-corrected chi connectivity index (χ2v) is 4.76. The van der Waals surface area contributed by atoms with Crippen LogP contribution in [-0.2, 0) is 4.79 Å². The zero-order chi connectivity index (χ0) is 11.7. The van der Waals surface area contributed by atoms with E-state index in [1.165, 1.54) is 0 Å². The van der Waals surface area contributed by atoms with Crippen LogP contribution >= 0.6 is 23.2 Å². The summed E-state index contributed by atoms with van der Waals surface area (Å²) in [5, 5.41) is 10.0. The summed E-state index contributed by atoms with van der Waals surface area (Å²) in [6.07, 6.45) is 0.376. The number of hydrogen-bond acceptors (Lipinski definition) is 2. The molecular weight excluding hydrogens is 249 g/mol. The van der Waals surface area contributed by atoms with Gasteiger partial charge < -0.3 is 10.0 Å². The van der Waals surface area contributed by atoms with E-state index in [1.807, 2.05) is 0 Å². The van der Waals surface area contributed by atoms with E-state index in [2.05, 4.69) is 0 Å². The quantitative estimate of drug-likeness (QED) is 0.886. The molecule has 86 valence electrons. The van der Waals surface area contributed by atoms with Gasteiger partial charge in [-0.15, -0.1) is 0 Å². The second-order valence-electron chi connectivity index (χ2n) is 3.88. The molecule has 1 fully saturated rings. The van der Waals surface area contributed by atoms with E-state index in [1.54, 1.807) is 23.1 Å². The third-order valence-electron chi connectivity index (χ3n) is 2.62. The van der Waals surface area contributed by atoms with Crippen LogP contribution in [0.4, 0.5) is 5.69 Å². The van der Waals surface area contributed by atoms with Crippen LogP contribution < -0.4 is 4.90 Å². The Hall–Kier alpha value is -0.770. The number of hydrogen-bond donors (Lipinski definition) is 1. The minimum atomic E-state index is -0.00242. The largest absolute Gasteiger partial charge is 0.396 e. The van der Waals surface area contributed by atoms with Crippen molar-refractivity contribution in [2.45, 2.75) is 6.42 Å². The molecule has 0 bridgehead atoms. The molecule has 0 saturated carbocycles. The number of amides is 1. The Bertz CT molecular complexity index is 402. The fourth-order valence-electron chi connectivity index (χ4n) is 1.85. The van der Waals surface area contributed by atoms with Gasteiger partial charge in [-0.3, -0.25) is 4.79 Å². The molecule has 1 aliphatic heterocycles. The Balaban J connectivity index is 2.27. The molecule has 3 nitrogen and oxygen atoms in total. The molecule has 1 amide bonds. The van der Waals surface area contributed by atoms with E-state index < -0.39 is 0 Å². The molecule has 1 aromatic rings. The van der Waals surface area contributed by atoms with Gasteiger partial charge in [0.05, 0.1) is 0 Å². The van der Waals surface area contributed by atoms with Crippen molar-refractivity contribution in [1.82, 2.24) is 0 Å². The first-order valence-corrected chi connectivity index (χ1v) is 5.73. The minimum Gasteiger partial charge on any atom is -0.396 e. The number of carbonyl (C=O) groups is 1. The standard InChI is InChI=1S/C11H11Cl2NO2/c12-8-2-9(13)4-10(3-8)14-5-7(6-15)1-11(14)16/h2-4,7,15H,1,5-6H2. The van der Waals surface area contributed by atoms with E-state index in [4.69, 9.17) is 28.3 Å². The zero-order valence-electron chi connectivity index (χ0n) is 8.49. The molecule has 1 N–H and O–H groups in total. The lowest BCUT2D eigenvalue weighted by Crippen LogP contribution is -2.24. The maximum Gasteiger partial charge on any atom is 0.227 e. The lowest BCUT2D eigenvalue weighted by Gasteiger charge is -2.17. The molecule has 1 aromatic carbocycles. The minimum absolute atomic E-state index is 0.00242. The summed E-state index contributed by atoms with van der Waals surface area (Å²) in [7, 11) is 0. The Morgan fingerprint density at radius 3 is 2.44 bits per heavy atom. The molecule has 5 heteroatoms. The zero-order valence-corrected chi connectivity index (χ0v) is 10.0. The number of nitrogens with zero attached hydrogens (tertiary/aromatic N) is 1. The van der Waals surface area contributed by atoms with E-state index in [0.717, 1.165) is 0 Å². The number of carbonyl (C=O) groups excluding carboxylic acids is 1. The number of halogens is 2. The van der Waals surface area contributed by atoms with Crippen molar-refractivity contribution in [3.8, 4) is 0 Å². The molecule has 16 heavy (non-hydrogen) atoms. The molecule has 0 spiro atoms. The summed E-state index contributed by atoms with van der Waals surface area (Å²) in [6.45, 7) is 0.544. The highest BCUT2D eigenvalue weighted by Gasteiger charge is 2.30. The normalized spacial score (nSPS) is 20.6. The van der Waals surface area contributed by atoms with Gasteiger partial charge >= 0.3 is 0 Å². The summed E-state index contributed by atoms with van der Waals surface area (Å²) >= 11 is 11.7. The molecule has 0 radical (unpaired) electrons. The average Bonchev–Trinajstić information content (AvgIpc) is 2.58. The van der Waals surface area contributed by atoms with E-state index in [9.17, 15) is 4.79 Å². The number of aliphatic hydroxyl groups is 1. The van der Waals surface area contributed by atoms with Gasteiger partial charge in [0.2, 0.25) is 5.91 Å². The predicted molar refractivity (Wildman–Crippen MR) is 64.0 cm³/mol. The van der Waals surface area contributed by atoms with Gasteiger partial charge in [-0.2, -0.15) is 0 Å². The molecule has 1 heterocycles. The first-order chi connectivity index (χ1) is 7.60. The van der Waals surface area contributed by atoms with Gasteiger partial charge in [0.25, 0.3) is 0 Å². The lowest BCUT2D eigenvalue weighted by atomic mass is 10.1. The first kappa shape index (κ1) is 11.7. The molecular formula is C11H11Cl2NO2. The van der Waals surface area contributed by atoms with Crippen LogP contribution in [0.1, 0.15) is 6.42 Å². The summed E-state index contributed by atoms with van der Waals surface area (Å²) < 4.78 is 0. The summed E-state index contributed by atoms with van der Waals surface area (Å²) in [6, 6.07) is 5.02. The Morgan fingerprint density at radius 2 is 1.94 bits per heavy atom. The predicted octanol–water partition coefficient (Wildman–Crippen LogP) is 2.34. The third kappa shape index (κ3) is 2.32. The Labute approximate surface area is 104 Å². The molecule has 1 atom stereocenters. The van der Waals surface area contributed by atoms with E-state index >= 15 is 0 Å². The van der Waals surface area contributed by atoms with Gasteiger partial charge in [0.15, 0.2) is 0 Å². The van der Waals surface area contributed by atoms with Crippen LogP contribution in [0.15, 0.2) is 18.2 Å². The highest BCUT2D eigenvalue weighted by molar-refractivity contribution is 6.35. The fourth-order valence-corrected chi connectivity index (χ4v) is 2.36. The van der Waals surface area contributed by atoms with Crippen molar-refractivity contribution < 1.29 is 9.90 Å². The van der Waals surface area contributed by atoms with Gasteiger partial charge in [0, 0.05) is 41.2 Å². The van der Waals surface area contributed by atoms with E-state index in [-0.39, 0.29) is 18.4 Å². The van der Waals surface area contributed by atoms with Crippen LogP contribution in [0.2, 0.25) is 10.0 Å². The van der Waals surface area contributed by atoms with E-state index in [0.29, 0.717) is 28.7 Å². The van der Waals surface area contributed by atoms with Crippen LogP contribution in [0, 0.1) is 5.92 Å². The average molecular weight is 260 g/mol. The molecule has 1 saturated heterocycles. The maximum atomic E-state index is 11.7. The van der Waals surface area contributed by atoms with Crippen molar-refractivity contribution in [1.29, 1.82) is 0 Å². The van der Waals surface area contributed by atoms with Crippen LogP contribution in [0.3, 0.4) is 0 Å². The van der Waals surface area contributed by atoms with Crippen molar-refractivity contribution in [2.75, 3.05) is 18.1 Å². The van der Waals surface area contributed by atoms with Crippen LogP contribution in [0.25, 0.3) is 0 Å².